The second-order valence-corrected chi connectivity index (χ2v) is 36.8. The largest absolute Gasteiger partial charge is 1.00 e. The fraction of sp³-hybridized carbons (Fsp3) is 0.161. The summed E-state index contributed by atoms with van der Waals surface area (Å²) >= 11 is 5.92. The number of hydrogen-bond acceptors (Lipinski definition) is 7. The fourth-order valence-electron chi connectivity index (χ4n) is 19.3. The van der Waals surface area contributed by atoms with E-state index < -0.39 is 5.60 Å². The molecule has 11 nitrogen and oxygen atoms in total. The Balaban J connectivity index is 0.000000114. The maximum absolute atomic E-state index is 10.1. The van der Waals surface area contributed by atoms with E-state index in [9.17, 15) is 5.11 Å². The number of nitrogens with zero attached hydrogens (tertiary/aromatic N) is 5. The van der Waals surface area contributed by atoms with Gasteiger partial charge in [-0.3, -0.25) is 4.57 Å². The molecule has 8 heterocycles. The Bertz CT molecular complexity index is 7670. The quantitative estimate of drug-likeness (QED) is 0.0777. The van der Waals surface area contributed by atoms with Gasteiger partial charge in [-0.15, -0.1) is 5.60 Å². The van der Waals surface area contributed by atoms with Crippen LogP contribution in [-0.4, -0.2) is 59.8 Å². The molecule has 2 aliphatic carbocycles. The number of hydrogen-bond donors (Lipinski definition) is 1. The summed E-state index contributed by atoms with van der Waals surface area (Å²) in [7, 11) is 3.36. The standard InChI is InChI=1S/C41H25N3O.C30H20N2.C26H35O2P.C11H6ClNO.C4H9O.Na/c1-2-10-28(11-3-1)43-35-15-7-4-12-29(35)33-24-26(18-20-37(33)43)27-19-21-38-34(25-27)30-13-5-8-16-36(30)44(38)41-40-32(22-23-42-41)31-14-6-9-17-39(31)45-40;1-2-8-22(9-3-1)32-29-13-7-5-11-24(29)26-19-21(15-17-30(26)32)20-14-16-28-25(18-20)23-10-4-6-12-27(23)31-28;1-27-23-17-11-18-24(28-2)26(23)22-16-9-10-19-25(22)29(20-12-5-3-6-13-20)21-14-7-4-8-15-21;12-11-10-8(5-6-13-11)7-3-1-2-4-9(7)14-10;1-4(2,3)5;/h1-25H;1-19,31H;9-11,16-21H,3-8,12-15H2,1-2H3;1-6H;1-3H3;/q;;;;-1;+1. The molecule has 14 heteroatoms. The zero-order valence-electron chi connectivity index (χ0n) is 71.7. The molecule has 0 atom stereocenters. The Hall–Kier alpha value is -12.5. The summed E-state index contributed by atoms with van der Waals surface area (Å²) in [6.45, 7) is 4.90. The molecule has 0 bridgehead atoms. The van der Waals surface area contributed by atoms with Crippen molar-refractivity contribution in [3.63, 3.8) is 0 Å². The minimum Gasteiger partial charge on any atom is -0.850 e. The smallest absolute Gasteiger partial charge is 0.850 e. The van der Waals surface area contributed by atoms with Gasteiger partial charge in [0.1, 0.15) is 22.7 Å². The molecule has 0 radical (unpaired) electrons. The fourth-order valence-corrected chi connectivity index (χ4v) is 23.4. The molecule has 22 aromatic rings. The van der Waals surface area contributed by atoms with E-state index in [1.54, 1.807) is 46.5 Å². The average molecular weight is 1690 g/mol. The normalized spacial score (nSPS) is 13.3. The van der Waals surface area contributed by atoms with Gasteiger partial charge in [0.2, 0.25) is 0 Å². The number of furan rings is 2. The van der Waals surface area contributed by atoms with E-state index in [0.717, 1.165) is 83.5 Å². The van der Waals surface area contributed by atoms with Gasteiger partial charge in [-0.1, -0.05) is 279 Å². The van der Waals surface area contributed by atoms with E-state index in [4.69, 9.17) is 34.9 Å². The van der Waals surface area contributed by atoms with E-state index in [2.05, 4.69) is 303 Å². The molecule has 126 heavy (non-hydrogen) atoms. The van der Waals surface area contributed by atoms with Gasteiger partial charge in [-0.2, -0.15) is 0 Å². The van der Waals surface area contributed by atoms with Crippen LogP contribution >= 0.6 is 19.5 Å². The maximum Gasteiger partial charge on any atom is 1.00 e. The molecule has 0 unspecified atom stereocenters. The van der Waals surface area contributed by atoms with Crippen molar-refractivity contribution in [1.82, 2.24) is 28.7 Å². The number of benzene rings is 14. The molecule has 0 spiro atoms. The number of rotatable bonds is 11. The third-order valence-electron chi connectivity index (χ3n) is 24.8. The number of nitrogens with one attached hydrogen (secondary N) is 1. The molecule has 8 aromatic heterocycles. The Kier molecular flexibility index (Phi) is 23.9. The first-order valence-electron chi connectivity index (χ1n) is 43.6. The molecule has 616 valence electrons. The van der Waals surface area contributed by atoms with Gasteiger partial charge < -0.3 is 37.5 Å². The summed E-state index contributed by atoms with van der Waals surface area (Å²) in [6.07, 6.45) is 17.7. The summed E-state index contributed by atoms with van der Waals surface area (Å²) in [5.74, 6) is 2.64. The number of ether oxygens (including phenoxy) is 2. The van der Waals surface area contributed by atoms with Gasteiger partial charge in [0.15, 0.2) is 22.1 Å². The minimum absolute atomic E-state index is 0. The number of halogens is 1. The monoisotopic (exact) mass is 1690 g/mol. The van der Waals surface area contributed by atoms with Gasteiger partial charge in [0.25, 0.3) is 0 Å². The molecule has 2 aliphatic rings. The number of methoxy groups -OCH3 is 2. The summed E-state index contributed by atoms with van der Waals surface area (Å²) in [4.78, 5) is 12.4. The van der Waals surface area contributed by atoms with Crippen molar-refractivity contribution in [1.29, 1.82) is 0 Å². The second kappa shape index (κ2) is 36.2. The second-order valence-electron chi connectivity index (χ2n) is 33.7. The van der Waals surface area contributed by atoms with Gasteiger partial charge in [-0.05, 0) is 204 Å². The Labute approximate surface area is 760 Å². The molecular formula is C112H95ClN6NaO5P. The first-order valence-corrected chi connectivity index (χ1v) is 45.4. The molecule has 1 N–H and O–H groups in total. The van der Waals surface area contributed by atoms with Gasteiger partial charge in [-0.25, -0.2) is 9.97 Å². The molecule has 0 amide bonds. The first-order chi connectivity index (χ1) is 61.4. The van der Waals surface area contributed by atoms with Crippen molar-refractivity contribution >= 4 is 156 Å². The number of aromatic nitrogens is 6. The zero-order valence-corrected chi connectivity index (χ0v) is 75.4. The predicted octanol–water partition coefficient (Wildman–Crippen LogP) is 26.9. The maximum atomic E-state index is 10.1. The van der Waals surface area contributed by atoms with Crippen LogP contribution in [0.25, 0.3) is 182 Å². The van der Waals surface area contributed by atoms with Gasteiger partial charge in [0, 0.05) is 99.4 Å². The summed E-state index contributed by atoms with van der Waals surface area (Å²) < 4.78 is 30.6. The third-order valence-corrected chi connectivity index (χ3v) is 28.6. The van der Waals surface area contributed by atoms with E-state index in [0.29, 0.717) is 10.7 Å². The van der Waals surface area contributed by atoms with Crippen molar-refractivity contribution in [3.8, 4) is 62.1 Å². The van der Waals surface area contributed by atoms with E-state index in [-0.39, 0.29) is 37.5 Å². The minimum atomic E-state index is -0.750. The number of pyridine rings is 2. The van der Waals surface area contributed by atoms with Crippen molar-refractivity contribution in [2.75, 3.05) is 14.2 Å². The van der Waals surface area contributed by atoms with E-state index >= 15 is 0 Å². The number of aromatic amines is 1. The third kappa shape index (κ3) is 16.1. The van der Waals surface area contributed by atoms with Crippen molar-refractivity contribution < 1.29 is 53.0 Å². The van der Waals surface area contributed by atoms with Crippen LogP contribution in [0.4, 0.5) is 0 Å². The molecule has 24 rings (SSSR count). The van der Waals surface area contributed by atoms with Crippen LogP contribution < -0.4 is 49.4 Å². The van der Waals surface area contributed by atoms with E-state index in [1.807, 2.05) is 60.8 Å². The molecular weight excluding hydrogens is 1600 g/mol. The molecule has 2 saturated carbocycles. The van der Waals surface area contributed by atoms with Crippen molar-refractivity contribution in [3.05, 3.63) is 351 Å². The van der Waals surface area contributed by atoms with Crippen LogP contribution in [0.5, 0.6) is 11.5 Å². The predicted molar refractivity (Wildman–Crippen MR) is 523 cm³/mol. The molecule has 0 aliphatic heterocycles. The SMILES string of the molecule is CC(C)(C)[O-].COc1cccc(OC)c1-c1ccccc1P(C1CCCCC1)C1CCCCC1.Clc1nccc2c1oc1ccccc12.[Na+].c1ccc(-n2c3ccccc3c3cc(-c4ccc5[nH]c6ccccc6c5c4)ccc32)cc1.c1ccc(-n2c3ccccc3c3cc(-c4ccc5c(c4)c4ccccc4n5-c4nccc5c4oc4ccccc45)ccc32)cc1. The Morgan fingerprint density at radius 2 is 0.746 bits per heavy atom. The average Bonchev–Trinajstić information content (AvgIpc) is 1.57. The van der Waals surface area contributed by atoms with Crippen LogP contribution in [0.3, 0.4) is 0 Å². The zero-order chi connectivity index (χ0) is 84.7. The first kappa shape index (κ1) is 83.0. The van der Waals surface area contributed by atoms with Crippen molar-refractivity contribution in [2.24, 2.45) is 0 Å². The van der Waals surface area contributed by atoms with Crippen LogP contribution in [0.15, 0.2) is 355 Å². The summed E-state index contributed by atoms with van der Waals surface area (Å²) in [6, 6.07) is 118. The summed E-state index contributed by atoms with van der Waals surface area (Å²) in [5, 5.41) is 26.3. The number of H-pyrrole nitrogens is 1. The van der Waals surface area contributed by atoms with Crippen molar-refractivity contribution in [2.45, 2.75) is 102 Å². The summed E-state index contributed by atoms with van der Waals surface area (Å²) in [5.41, 5.74) is 23.3. The van der Waals surface area contributed by atoms with Crippen LogP contribution in [0.1, 0.15) is 85.0 Å². The van der Waals surface area contributed by atoms with Crippen LogP contribution in [0, 0.1) is 0 Å². The van der Waals surface area contributed by atoms with Crippen LogP contribution in [0.2, 0.25) is 5.15 Å². The van der Waals surface area contributed by atoms with Gasteiger partial charge >= 0.3 is 29.6 Å². The molecule has 14 aromatic carbocycles. The Morgan fingerprint density at radius 1 is 0.365 bits per heavy atom. The van der Waals surface area contributed by atoms with Crippen LogP contribution in [-0.2, 0) is 0 Å². The number of para-hydroxylation sites is 8. The van der Waals surface area contributed by atoms with E-state index in [1.165, 1.54) is 180 Å². The molecule has 2 fully saturated rings. The Morgan fingerprint density at radius 3 is 1.25 bits per heavy atom. The molecule has 0 saturated heterocycles. The topological polar surface area (TPSA) is 124 Å². The van der Waals surface area contributed by atoms with Gasteiger partial charge in [0.05, 0.1) is 52.9 Å². The number of fused-ring (bicyclic) bond motifs is 18.